The quantitative estimate of drug-likeness (QED) is 0.552. The zero-order valence-electron chi connectivity index (χ0n) is 19.6. The highest BCUT2D eigenvalue weighted by molar-refractivity contribution is 6.30. The Morgan fingerprint density at radius 2 is 1.71 bits per heavy atom. The fourth-order valence-corrected chi connectivity index (χ4v) is 4.62. The zero-order chi connectivity index (χ0) is 24.5. The highest BCUT2D eigenvalue weighted by atomic mass is 35.5. The molecule has 1 aromatic heterocycles. The van der Waals surface area contributed by atoms with Crippen molar-refractivity contribution in [3.8, 4) is 5.75 Å². The third kappa shape index (κ3) is 4.61. The lowest BCUT2D eigenvalue weighted by Crippen LogP contribution is -2.51. The zero-order valence-corrected chi connectivity index (χ0v) is 20.4. The highest BCUT2D eigenvalue weighted by Gasteiger charge is 2.32. The molecule has 35 heavy (non-hydrogen) atoms. The number of piperazine rings is 1. The predicted molar refractivity (Wildman–Crippen MR) is 129 cm³/mol. The van der Waals surface area contributed by atoms with Crippen LogP contribution in [0.1, 0.15) is 43.8 Å². The summed E-state index contributed by atoms with van der Waals surface area (Å²) < 4.78 is 13.0. The summed E-state index contributed by atoms with van der Waals surface area (Å²) in [6, 6.07) is 12.9. The molecular weight excluding hydrogens is 470 g/mol. The number of amides is 2. The summed E-state index contributed by atoms with van der Waals surface area (Å²) in [5, 5.41) is 9.05. The number of aromatic nitrogens is 3. The van der Waals surface area contributed by atoms with Gasteiger partial charge >= 0.3 is 0 Å². The molecule has 0 N–H and O–H groups in total. The van der Waals surface area contributed by atoms with E-state index in [0.29, 0.717) is 54.7 Å². The third-order valence-corrected chi connectivity index (χ3v) is 6.81. The van der Waals surface area contributed by atoms with E-state index in [4.69, 9.17) is 21.1 Å². The molecule has 2 aromatic carbocycles. The maximum Gasteiger partial charge on any atom is 0.276 e. The Labute approximate surface area is 208 Å². The second kappa shape index (κ2) is 9.67. The highest BCUT2D eigenvalue weighted by Crippen LogP contribution is 2.28. The van der Waals surface area contributed by atoms with Gasteiger partial charge in [0.15, 0.2) is 5.69 Å². The van der Waals surface area contributed by atoms with Crippen molar-refractivity contribution in [1.29, 1.82) is 0 Å². The number of nitrogens with zero attached hydrogens (tertiary/aromatic N) is 5. The van der Waals surface area contributed by atoms with Crippen LogP contribution in [0.25, 0.3) is 0 Å². The van der Waals surface area contributed by atoms with Crippen LogP contribution in [0.4, 0.5) is 0 Å². The summed E-state index contributed by atoms with van der Waals surface area (Å²) in [7, 11) is 1.60. The summed E-state index contributed by atoms with van der Waals surface area (Å²) >= 11 is 5.98. The average molecular weight is 496 g/mol. The molecule has 5 rings (SSSR count). The van der Waals surface area contributed by atoms with E-state index in [0.717, 1.165) is 16.9 Å². The number of ether oxygens (including phenoxy) is 2. The van der Waals surface area contributed by atoms with Crippen molar-refractivity contribution in [2.45, 2.75) is 26.2 Å². The van der Waals surface area contributed by atoms with E-state index in [1.165, 1.54) is 0 Å². The van der Waals surface area contributed by atoms with Crippen molar-refractivity contribution in [2.24, 2.45) is 0 Å². The number of benzene rings is 2. The molecule has 0 spiro atoms. The second-order valence-electron chi connectivity index (χ2n) is 8.68. The van der Waals surface area contributed by atoms with Crippen LogP contribution < -0.4 is 4.74 Å². The Kier molecular flexibility index (Phi) is 6.44. The minimum atomic E-state index is -0.187. The van der Waals surface area contributed by atoms with Gasteiger partial charge in [0.2, 0.25) is 0 Å². The molecule has 2 amide bonds. The van der Waals surface area contributed by atoms with Crippen LogP contribution in [0.5, 0.6) is 5.75 Å². The smallest absolute Gasteiger partial charge is 0.276 e. The molecule has 2 aliphatic heterocycles. The first-order valence-electron chi connectivity index (χ1n) is 11.5. The maximum atomic E-state index is 13.2. The summed E-state index contributed by atoms with van der Waals surface area (Å²) in [5.74, 6) is 0.488. The Morgan fingerprint density at radius 3 is 2.37 bits per heavy atom. The molecule has 1 fully saturated rings. The van der Waals surface area contributed by atoms with Gasteiger partial charge in [-0.25, -0.2) is 4.68 Å². The van der Waals surface area contributed by atoms with Gasteiger partial charge in [0.05, 0.1) is 26.0 Å². The van der Waals surface area contributed by atoms with Crippen molar-refractivity contribution in [3.05, 3.63) is 75.6 Å². The minimum Gasteiger partial charge on any atom is -0.497 e. The first-order chi connectivity index (χ1) is 16.9. The van der Waals surface area contributed by atoms with Crippen LogP contribution in [-0.2, 0) is 17.9 Å². The lowest BCUT2D eigenvalue weighted by Gasteiger charge is -2.35. The number of halogens is 1. The van der Waals surface area contributed by atoms with Gasteiger partial charge in [-0.2, -0.15) is 0 Å². The normalized spacial score (nSPS) is 17.7. The second-order valence-corrected chi connectivity index (χ2v) is 9.12. The molecule has 182 valence electrons. The molecule has 1 atom stereocenters. The van der Waals surface area contributed by atoms with Gasteiger partial charge < -0.3 is 19.3 Å². The number of aryl methyl sites for hydroxylation is 1. The number of carbonyl (C=O) groups excluding carboxylic acids is 2. The summed E-state index contributed by atoms with van der Waals surface area (Å²) in [4.78, 5) is 29.7. The van der Waals surface area contributed by atoms with Crippen molar-refractivity contribution in [2.75, 3.05) is 33.3 Å². The van der Waals surface area contributed by atoms with Crippen LogP contribution in [0.2, 0.25) is 5.02 Å². The van der Waals surface area contributed by atoms with Crippen molar-refractivity contribution >= 4 is 23.4 Å². The molecule has 0 unspecified atom stereocenters. The van der Waals surface area contributed by atoms with Crippen molar-refractivity contribution in [1.82, 2.24) is 24.8 Å². The van der Waals surface area contributed by atoms with Crippen LogP contribution in [-0.4, -0.2) is 69.9 Å². The lowest BCUT2D eigenvalue weighted by atomic mass is 10.1. The topological polar surface area (TPSA) is 89.8 Å². The van der Waals surface area contributed by atoms with Crippen LogP contribution in [0.15, 0.2) is 42.5 Å². The SMILES string of the molecule is COc1ccc(C(=O)N2CCN(C(=O)c3nnn4c3CO[C@H](c3ccc(Cl)cc3)C4)CC2)c(C)c1. The van der Waals surface area contributed by atoms with Gasteiger partial charge in [-0.3, -0.25) is 9.59 Å². The van der Waals surface area contributed by atoms with Crippen LogP contribution in [0, 0.1) is 6.92 Å². The Hall–Kier alpha value is -3.43. The molecule has 3 aromatic rings. The molecule has 3 heterocycles. The molecule has 1 saturated heterocycles. The van der Waals surface area contributed by atoms with E-state index in [1.807, 2.05) is 37.3 Å². The van der Waals surface area contributed by atoms with Crippen molar-refractivity contribution < 1.29 is 19.1 Å². The molecule has 0 saturated carbocycles. The first-order valence-corrected chi connectivity index (χ1v) is 11.8. The average Bonchev–Trinajstić information content (AvgIpc) is 3.31. The number of hydrogen-bond donors (Lipinski definition) is 0. The molecule has 0 bridgehead atoms. The third-order valence-electron chi connectivity index (χ3n) is 6.56. The van der Waals surface area contributed by atoms with E-state index in [9.17, 15) is 9.59 Å². The summed E-state index contributed by atoms with van der Waals surface area (Å²) in [6.07, 6.45) is -0.180. The van der Waals surface area contributed by atoms with Gasteiger partial charge in [-0.1, -0.05) is 28.9 Å². The molecule has 2 aliphatic rings. The Morgan fingerprint density at radius 1 is 1.03 bits per heavy atom. The number of methoxy groups -OCH3 is 1. The summed E-state index contributed by atoms with van der Waals surface area (Å²) in [6.45, 7) is 4.38. The van der Waals surface area contributed by atoms with E-state index < -0.39 is 0 Å². The van der Waals surface area contributed by atoms with Crippen LogP contribution >= 0.6 is 11.6 Å². The van der Waals surface area contributed by atoms with E-state index in [1.54, 1.807) is 33.7 Å². The lowest BCUT2D eigenvalue weighted by molar-refractivity contribution is -0.00202. The van der Waals surface area contributed by atoms with Crippen LogP contribution in [0.3, 0.4) is 0 Å². The predicted octanol–water partition coefficient (Wildman–Crippen LogP) is 3.12. The largest absolute Gasteiger partial charge is 0.497 e. The molecule has 0 radical (unpaired) electrons. The van der Waals surface area contributed by atoms with E-state index in [-0.39, 0.29) is 24.5 Å². The van der Waals surface area contributed by atoms with Crippen molar-refractivity contribution in [3.63, 3.8) is 0 Å². The first kappa shape index (κ1) is 23.3. The Balaban J connectivity index is 1.22. The van der Waals surface area contributed by atoms with Gasteiger partial charge in [-0.05, 0) is 48.4 Å². The van der Waals surface area contributed by atoms with Gasteiger partial charge in [0.1, 0.15) is 11.9 Å². The number of rotatable bonds is 4. The fraction of sp³-hybridized carbons (Fsp3) is 0.360. The van der Waals surface area contributed by atoms with Gasteiger partial charge in [0.25, 0.3) is 11.8 Å². The monoisotopic (exact) mass is 495 g/mol. The maximum absolute atomic E-state index is 13.2. The number of carbonyl (C=O) groups is 2. The molecule has 10 heteroatoms. The fourth-order valence-electron chi connectivity index (χ4n) is 4.49. The Bertz CT molecular complexity index is 1250. The van der Waals surface area contributed by atoms with E-state index >= 15 is 0 Å². The molecular formula is C25H26ClN5O4. The number of fused-ring (bicyclic) bond motifs is 1. The standard InChI is InChI=1S/C25H26ClN5O4/c1-16-13-19(34-2)7-8-20(16)24(32)29-9-11-30(12-10-29)25(33)23-21-15-35-22(14-31(21)28-27-23)17-3-5-18(26)6-4-17/h3-8,13,22H,9-12,14-15H2,1-2H3/t22-/m0/s1. The minimum absolute atomic E-state index is 0.0417. The van der Waals surface area contributed by atoms with E-state index in [2.05, 4.69) is 10.3 Å². The van der Waals surface area contributed by atoms with Gasteiger partial charge in [0, 0.05) is 36.8 Å². The molecule has 0 aliphatic carbocycles. The summed E-state index contributed by atoms with van der Waals surface area (Å²) in [5.41, 5.74) is 3.49. The molecule has 9 nitrogen and oxygen atoms in total. The van der Waals surface area contributed by atoms with Gasteiger partial charge in [-0.15, -0.1) is 5.10 Å². The number of hydrogen-bond acceptors (Lipinski definition) is 6.